The van der Waals surface area contributed by atoms with Crippen molar-refractivity contribution in [1.29, 1.82) is 0 Å². The van der Waals surface area contributed by atoms with Crippen molar-refractivity contribution in [3.63, 3.8) is 0 Å². The number of Topliss-reactive ketones (excluding diaryl/α,β-unsaturated/α-hetero) is 1. The largest absolute Gasteiger partial charge is 0.326 e. The fourth-order valence-corrected chi connectivity index (χ4v) is 5.19. The molecule has 2 aliphatic heterocycles. The number of urea groups is 1. The Hall–Kier alpha value is -2.62. The van der Waals surface area contributed by atoms with E-state index in [0.717, 1.165) is 23.2 Å². The van der Waals surface area contributed by atoms with Crippen molar-refractivity contribution in [1.82, 2.24) is 4.90 Å². The third kappa shape index (κ3) is 2.16. The summed E-state index contributed by atoms with van der Waals surface area (Å²) in [5.74, 6) is 0.610. The summed E-state index contributed by atoms with van der Waals surface area (Å²) < 4.78 is 0. The van der Waals surface area contributed by atoms with Crippen LogP contribution in [0.25, 0.3) is 0 Å². The second-order valence-electron chi connectivity index (χ2n) is 8.35. The first kappa shape index (κ1) is 16.5. The summed E-state index contributed by atoms with van der Waals surface area (Å²) in [6.45, 7) is 4.88. The van der Waals surface area contributed by atoms with E-state index in [9.17, 15) is 9.59 Å². The molecule has 3 aliphatic rings. The highest BCUT2D eigenvalue weighted by atomic mass is 16.2. The van der Waals surface area contributed by atoms with Gasteiger partial charge in [-0.3, -0.25) is 9.69 Å². The predicted molar refractivity (Wildman–Crippen MR) is 105 cm³/mol. The van der Waals surface area contributed by atoms with Crippen molar-refractivity contribution in [3.8, 4) is 0 Å². The lowest BCUT2D eigenvalue weighted by molar-refractivity contribution is -0.121. The number of hydrogen-bond acceptors (Lipinski definition) is 2. The number of fused-ring (bicyclic) bond motifs is 2. The van der Waals surface area contributed by atoms with Gasteiger partial charge in [0.1, 0.15) is 5.54 Å². The van der Waals surface area contributed by atoms with Gasteiger partial charge in [-0.25, -0.2) is 4.79 Å². The number of anilines is 1. The van der Waals surface area contributed by atoms with Crippen LogP contribution in [0.15, 0.2) is 48.5 Å². The molecule has 0 bridgehead atoms. The molecule has 1 spiro atoms. The highest BCUT2D eigenvalue weighted by Gasteiger charge is 2.67. The predicted octanol–water partition coefficient (Wildman–Crippen LogP) is 4.28. The molecular weight excluding hydrogens is 336 g/mol. The Morgan fingerprint density at radius 1 is 1.11 bits per heavy atom. The standard InChI is InChI=1S/C23H24N2O2/c1-15(2)17-8-9-18-13-23-20(10-11-21(23)26)24(14-16-6-4-3-5-7-16)22(27)25(23)19(18)12-17/h3-9,12,15,20H,10-11,13-14H2,1-2H3/t20-,23-/m0/s1. The number of carbonyl (C=O) groups is 2. The lowest BCUT2D eigenvalue weighted by Gasteiger charge is -2.29. The third-order valence-electron chi connectivity index (χ3n) is 6.56. The van der Waals surface area contributed by atoms with E-state index in [-0.39, 0.29) is 17.9 Å². The molecule has 1 saturated heterocycles. The van der Waals surface area contributed by atoms with Crippen LogP contribution in [0.3, 0.4) is 0 Å². The summed E-state index contributed by atoms with van der Waals surface area (Å²) in [6.07, 6.45) is 1.98. The molecule has 2 amide bonds. The zero-order chi connectivity index (χ0) is 18.8. The molecule has 138 valence electrons. The van der Waals surface area contributed by atoms with E-state index in [1.807, 2.05) is 40.1 Å². The molecule has 1 aliphatic carbocycles. The molecule has 4 heteroatoms. The van der Waals surface area contributed by atoms with Gasteiger partial charge in [-0.1, -0.05) is 56.3 Å². The third-order valence-corrected chi connectivity index (χ3v) is 6.56. The van der Waals surface area contributed by atoms with Crippen molar-refractivity contribution in [2.75, 3.05) is 4.90 Å². The maximum atomic E-state index is 13.5. The average Bonchev–Trinajstić information content (AvgIpc) is 3.24. The fraction of sp³-hybridized carbons (Fsp3) is 0.391. The van der Waals surface area contributed by atoms with Crippen molar-refractivity contribution in [2.24, 2.45) is 0 Å². The SMILES string of the molecule is CC(C)c1ccc2c(c1)N1C(=O)N(Cc3ccccc3)[C@H]3CCC(=O)[C@]31C2. The average molecular weight is 360 g/mol. The Morgan fingerprint density at radius 3 is 2.63 bits per heavy atom. The molecule has 27 heavy (non-hydrogen) atoms. The summed E-state index contributed by atoms with van der Waals surface area (Å²) in [5, 5.41) is 0. The van der Waals surface area contributed by atoms with Crippen molar-refractivity contribution in [3.05, 3.63) is 65.2 Å². The molecule has 0 aromatic heterocycles. The van der Waals surface area contributed by atoms with Gasteiger partial charge in [0.2, 0.25) is 0 Å². The molecule has 0 N–H and O–H groups in total. The molecule has 2 aromatic rings. The van der Waals surface area contributed by atoms with Crippen LogP contribution < -0.4 is 4.90 Å². The number of amides is 2. The minimum atomic E-state index is -0.691. The van der Waals surface area contributed by atoms with Crippen molar-refractivity contribution >= 4 is 17.5 Å². The van der Waals surface area contributed by atoms with Crippen LogP contribution in [0, 0.1) is 0 Å². The van der Waals surface area contributed by atoms with E-state index < -0.39 is 5.54 Å². The van der Waals surface area contributed by atoms with E-state index in [0.29, 0.717) is 25.3 Å². The fourth-order valence-electron chi connectivity index (χ4n) is 5.19. The molecule has 2 atom stereocenters. The summed E-state index contributed by atoms with van der Waals surface area (Å²) in [5.41, 5.74) is 3.71. The van der Waals surface area contributed by atoms with Gasteiger partial charge in [0.15, 0.2) is 5.78 Å². The van der Waals surface area contributed by atoms with Crippen LogP contribution in [0.5, 0.6) is 0 Å². The first-order valence-corrected chi connectivity index (χ1v) is 9.83. The molecule has 2 fully saturated rings. The van der Waals surface area contributed by atoms with Crippen LogP contribution in [0.4, 0.5) is 10.5 Å². The normalized spacial score (nSPS) is 26.0. The van der Waals surface area contributed by atoms with Crippen molar-refractivity contribution < 1.29 is 9.59 Å². The topological polar surface area (TPSA) is 40.6 Å². The molecule has 0 radical (unpaired) electrons. The van der Waals surface area contributed by atoms with E-state index in [4.69, 9.17) is 0 Å². The quantitative estimate of drug-likeness (QED) is 0.820. The number of nitrogens with zero attached hydrogens (tertiary/aromatic N) is 2. The maximum absolute atomic E-state index is 13.5. The monoisotopic (exact) mass is 360 g/mol. The summed E-state index contributed by atoms with van der Waals surface area (Å²) >= 11 is 0. The summed E-state index contributed by atoms with van der Waals surface area (Å²) in [7, 11) is 0. The zero-order valence-electron chi connectivity index (χ0n) is 15.8. The lowest BCUT2D eigenvalue weighted by Crippen LogP contribution is -2.52. The molecule has 2 aromatic carbocycles. The van der Waals surface area contributed by atoms with Crippen LogP contribution in [0.2, 0.25) is 0 Å². The van der Waals surface area contributed by atoms with Gasteiger partial charge < -0.3 is 4.90 Å². The van der Waals surface area contributed by atoms with Crippen molar-refractivity contribution in [2.45, 2.75) is 57.2 Å². The maximum Gasteiger partial charge on any atom is 0.326 e. The van der Waals surface area contributed by atoms with Crippen LogP contribution >= 0.6 is 0 Å². The minimum absolute atomic E-state index is 0.0171. The molecular formula is C23H24N2O2. The molecule has 1 saturated carbocycles. The smallest absolute Gasteiger partial charge is 0.314 e. The molecule has 0 unspecified atom stereocenters. The summed E-state index contributed by atoms with van der Waals surface area (Å²) in [4.78, 5) is 30.3. The van der Waals surface area contributed by atoms with Gasteiger partial charge in [0.25, 0.3) is 0 Å². The van der Waals surface area contributed by atoms with Gasteiger partial charge in [0.05, 0.1) is 11.7 Å². The minimum Gasteiger partial charge on any atom is -0.314 e. The van der Waals surface area contributed by atoms with E-state index in [1.54, 1.807) is 0 Å². The summed E-state index contributed by atoms with van der Waals surface area (Å²) in [6, 6.07) is 16.4. The highest BCUT2D eigenvalue weighted by Crippen LogP contribution is 2.53. The molecule has 4 nitrogen and oxygen atoms in total. The molecule has 2 heterocycles. The van der Waals surface area contributed by atoms with Gasteiger partial charge in [-0.05, 0) is 35.1 Å². The molecule has 5 rings (SSSR count). The number of benzene rings is 2. The van der Waals surface area contributed by atoms with Gasteiger partial charge in [0, 0.05) is 19.4 Å². The van der Waals surface area contributed by atoms with Crippen LogP contribution in [-0.2, 0) is 17.8 Å². The van der Waals surface area contributed by atoms with Crippen LogP contribution in [-0.4, -0.2) is 28.3 Å². The second kappa shape index (κ2) is 5.69. The van der Waals surface area contributed by atoms with Crippen LogP contribution in [0.1, 0.15) is 49.3 Å². The van der Waals surface area contributed by atoms with Gasteiger partial charge in [-0.2, -0.15) is 0 Å². The highest BCUT2D eigenvalue weighted by molar-refractivity contribution is 6.11. The Bertz CT molecular complexity index is 937. The van der Waals surface area contributed by atoms with E-state index in [2.05, 4.69) is 32.0 Å². The zero-order valence-corrected chi connectivity index (χ0v) is 15.8. The van der Waals surface area contributed by atoms with E-state index in [1.165, 1.54) is 5.56 Å². The number of ketones is 1. The van der Waals surface area contributed by atoms with E-state index >= 15 is 0 Å². The second-order valence-corrected chi connectivity index (χ2v) is 8.35. The number of carbonyl (C=O) groups excluding carboxylic acids is 2. The first-order chi connectivity index (χ1) is 13.0. The Morgan fingerprint density at radius 2 is 1.89 bits per heavy atom. The Labute approximate surface area is 159 Å². The Balaban J connectivity index is 1.60. The number of hydrogen-bond donors (Lipinski definition) is 0. The lowest BCUT2D eigenvalue weighted by atomic mass is 9.88. The van der Waals surface area contributed by atoms with Gasteiger partial charge in [-0.15, -0.1) is 0 Å². The van der Waals surface area contributed by atoms with Gasteiger partial charge >= 0.3 is 6.03 Å². The first-order valence-electron chi connectivity index (χ1n) is 9.83. The number of rotatable bonds is 3. The Kier molecular flexibility index (Phi) is 3.48.